The topological polar surface area (TPSA) is 58.4 Å². The van der Waals surface area contributed by atoms with Gasteiger partial charge >= 0.3 is 0 Å². The minimum Gasteiger partial charge on any atom is -0.331 e. The number of hydrogen-bond acceptors (Lipinski definition) is 4. The monoisotopic (exact) mass is 534 g/mol. The normalized spacial score (nSPS) is 14.6. The molecule has 1 atom stereocenters. The Labute approximate surface area is 231 Å². The number of unbranched alkanes of at least 4 members (excludes halogenated alkanes) is 6. The predicted octanol–water partition coefficient (Wildman–Crippen LogP) is 6.65. The van der Waals surface area contributed by atoms with E-state index in [1.54, 1.807) is 22.8 Å². The highest BCUT2D eigenvalue weighted by Gasteiger charge is 2.27. The molecule has 2 heterocycles. The number of rotatable bonds is 14. The molecule has 1 amide bonds. The molecule has 6 nitrogen and oxygen atoms in total. The Bertz CT molecular complexity index is 1270. The summed E-state index contributed by atoms with van der Waals surface area (Å²) in [5.74, 6) is 0.232. The first kappa shape index (κ1) is 28.9. The van der Waals surface area contributed by atoms with Gasteiger partial charge in [0.15, 0.2) is 0 Å². The first-order chi connectivity index (χ1) is 19.0. The lowest BCUT2D eigenvalue weighted by atomic mass is 10.1. The Morgan fingerprint density at radius 1 is 0.974 bits per heavy atom. The number of amides is 1. The largest absolute Gasteiger partial charge is 0.331 e. The zero-order valence-corrected chi connectivity index (χ0v) is 23.6. The summed E-state index contributed by atoms with van der Waals surface area (Å²) in [4.78, 5) is 36.6. The maximum absolute atomic E-state index is 13.8. The first-order valence-corrected chi connectivity index (χ1v) is 14.8. The highest BCUT2D eigenvalue weighted by molar-refractivity contribution is 5.79. The Morgan fingerprint density at radius 2 is 1.64 bits per heavy atom. The third-order valence-electron chi connectivity index (χ3n) is 7.90. The van der Waals surface area contributed by atoms with Gasteiger partial charge in [-0.05, 0) is 75.7 Å². The molecule has 7 heteroatoms. The number of hydrogen-bond donors (Lipinski definition) is 0. The van der Waals surface area contributed by atoms with E-state index < -0.39 is 6.04 Å². The second-order valence-electron chi connectivity index (χ2n) is 10.8. The quantitative estimate of drug-likeness (QED) is 0.217. The average molecular weight is 535 g/mol. The highest BCUT2D eigenvalue weighted by Crippen LogP contribution is 2.25. The van der Waals surface area contributed by atoms with Crippen LogP contribution in [-0.2, 0) is 4.79 Å². The molecule has 1 saturated heterocycles. The van der Waals surface area contributed by atoms with E-state index in [0.29, 0.717) is 35.4 Å². The van der Waals surface area contributed by atoms with Crippen molar-refractivity contribution in [1.82, 2.24) is 19.4 Å². The van der Waals surface area contributed by atoms with E-state index in [1.807, 2.05) is 30.0 Å². The molecule has 1 fully saturated rings. The van der Waals surface area contributed by atoms with Gasteiger partial charge in [0, 0.05) is 19.5 Å². The zero-order valence-electron chi connectivity index (χ0n) is 23.6. The van der Waals surface area contributed by atoms with Gasteiger partial charge in [0.05, 0.1) is 22.6 Å². The van der Waals surface area contributed by atoms with Crippen LogP contribution in [0, 0.1) is 5.82 Å². The van der Waals surface area contributed by atoms with Crippen LogP contribution >= 0.6 is 0 Å². The molecule has 0 radical (unpaired) electrons. The third kappa shape index (κ3) is 7.53. The van der Waals surface area contributed by atoms with Crippen molar-refractivity contribution < 1.29 is 9.18 Å². The van der Waals surface area contributed by atoms with Gasteiger partial charge in [-0.2, -0.15) is 0 Å². The van der Waals surface area contributed by atoms with Crippen molar-refractivity contribution in [1.29, 1.82) is 0 Å². The molecule has 0 N–H and O–H groups in total. The van der Waals surface area contributed by atoms with Gasteiger partial charge in [0.2, 0.25) is 5.91 Å². The van der Waals surface area contributed by atoms with Gasteiger partial charge in [0.25, 0.3) is 5.56 Å². The maximum atomic E-state index is 13.8. The molecule has 4 rings (SSSR count). The van der Waals surface area contributed by atoms with Crippen molar-refractivity contribution in [2.75, 3.05) is 26.2 Å². The van der Waals surface area contributed by atoms with Crippen molar-refractivity contribution >= 4 is 16.8 Å². The molecule has 1 aromatic heterocycles. The number of carbonyl (C=O) groups is 1. The molecule has 39 heavy (non-hydrogen) atoms. The minimum absolute atomic E-state index is 0.100. The van der Waals surface area contributed by atoms with Crippen LogP contribution in [0.4, 0.5) is 4.39 Å². The third-order valence-corrected chi connectivity index (χ3v) is 7.90. The maximum Gasteiger partial charge on any atom is 0.266 e. The second-order valence-corrected chi connectivity index (χ2v) is 10.8. The van der Waals surface area contributed by atoms with E-state index in [9.17, 15) is 14.0 Å². The van der Waals surface area contributed by atoms with Crippen molar-refractivity contribution in [2.24, 2.45) is 0 Å². The van der Waals surface area contributed by atoms with Gasteiger partial charge in [-0.25, -0.2) is 9.37 Å². The number of halogens is 1. The summed E-state index contributed by atoms with van der Waals surface area (Å²) in [6.45, 7) is 7.69. The van der Waals surface area contributed by atoms with E-state index >= 15 is 0 Å². The Balaban J connectivity index is 1.62. The van der Waals surface area contributed by atoms with Crippen LogP contribution in [-0.4, -0.2) is 51.4 Å². The number of nitrogens with zero attached hydrogens (tertiary/aromatic N) is 4. The minimum atomic E-state index is -0.424. The van der Waals surface area contributed by atoms with Gasteiger partial charge in [0.1, 0.15) is 11.6 Å². The van der Waals surface area contributed by atoms with Crippen molar-refractivity contribution in [2.45, 2.75) is 84.1 Å². The SMILES string of the molecule is CCCCCCCCCC(=O)N(CCN1CCCC1)C(C)c1nc2ccccc2c(=O)n1-c1ccc(F)cc1. The van der Waals surface area contributed by atoms with Crippen molar-refractivity contribution in [3.05, 3.63) is 70.5 Å². The number of para-hydroxylation sites is 1. The predicted molar refractivity (Wildman–Crippen MR) is 156 cm³/mol. The standard InChI is InChI=1S/C32H43FN4O2/c1-3-4-5-6-7-8-9-16-30(38)36(24-23-35-21-12-13-22-35)25(2)31-34-29-15-11-10-14-28(29)32(39)37(31)27-19-17-26(33)18-20-27/h10-11,14-15,17-20,25H,3-9,12-13,16,21-24H2,1-2H3. The molecule has 1 unspecified atom stereocenters. The molecule has 0 saturated carbocycles. The fourth-order valence-electron chi connectivity index (χ4n) is 5.58. The van der Waals surface area contributed by atoms with Crippen LogP contribution in [0.3, 0.4) is 0 Å². The summed E-state index contributed by atoms with van der Waals surface area (Å²) in [6, 6.07) is 12.7. The second kappa shape index (κ2) is 14.4. The molecule has 0 spiro atoms. The molecule has 0 bridgehead atoms. The summed E-state index contributed by atoms with van der Waals surface area (Å²) in [7, 11) is 0. The van der Waals surface area contributed by atoms with Crippen LogP contribution in [0.2, 0.25) is 0 Å². The van der Waals surface area contributed by atoms with Crippen molar-refractivity contribution in [3.63, 3.8) is 0 Å². The molecular weight excluding hydrogens is 491 g/mol. The average Bonchev–Trinajstić information content (AvgIpc) is 3.47. The van der Waals surface area contributed by atoms with E-state index in [1.165, 1.54) is 50.7 Å². The number of carbonyl (C=O) groups excluding carboxylic acids is 1. The lowest BCUT2D eigenvalue weighted by molar-refractivity contribution is -0.134. The number of likely N-dealkylation sites (tertiary alicyclic amines) is 1. The summed E-state index contributed by atoms with van der Waals surface area (Å²) < 4.78 is 15.3. The van der Waals surface area contributed by atoms with Crippen LogP contribution in [0.5, 0.6) is 0 Å². The van der Waals surface area contributed by atoms with Crippen LogP contribution in [0.15, 0.2) is 53.3 Å². The Kier molecular flexibility index (Phi) is 10.7. The molecule has 210 valence electrons. The fourth-order valence-corrected chi connectivity index (χ4v) is 5.58. The number of benzene rings is 2. The highest BCUT2D eigenvalue weighted by atomic mass is 19.1. The van der Waals surface area contributed by atoms with Crippen LogP contribution in [0.1, 0.15) is 89.9 Å². The van der Waals surface area contributed by atoms with Gasteiger partial charge in [-0.3, -0.25) is 14.2 Å². The van der Waals surface area contributed by atoms with Crippen LogP contribution in [0.25, 0.3) is 16.6 Å². The molecule has 2 aromatic carbocycles. The lowest BCUT2D eigenvalue weighted by Crippen LogP contribution is -2.41. The summed E-state index contributed by atoms with van der Waals surface area (Å²) in [6.07, 6.45) is 10.9. The van der Waals surface area contributed by atoms with E-state index in [2.05, 4.69) is 11.8 Å². The van der Waals surface area contributed by atoms with E-state index in [4.69, 9.17) is 4.98 Å². The van der Waals surface area contributed by atoms with E-state index in [0.717, 1.165) is 38.9 Å². The Morgan fingerprint density at radius 3 is 2.36 bits per heavy atom. The van der Waals surface area contributed by atoms with Gasteiger partial charge in [-0.15, -0.1) is 0 Å². The molecule has 0 aliphatic carbocycles. The zero-order chi connectivity index (χ0) is 27.6. The number of fused-ring (bicyclic) bond motifs is 1. The van der Waals surface area contributed by atoms with E-state index in [-0.39, 0.29) is 17.3 Å². The summed E-state index contributed by atoms with van der Waals surface area (Å²) >= 11 is 0. The molecule has 1 aliphatic heterocycles. The van der Waals surface area contributed by atoms with Crippen LogP contribution < -0.4 is 5.56 Å². The van der Waals surface area contributed by atoms with Crippen molar-refractivity contribution in [3.8, 4) is 5.69 Å². The lowest BCUT2D eigenvalue weighted by Gasteiger charge is -2.32. The smallest absolute Gasteiger partial charge is 0.266 e. The molecule has 1 aliphatic rings. The number of aromatic nitrogens is 2. The summed E-state index contributed by atoms with van der Waals surface area (Å²) in [5, 5.41) is 0.496. The molecule has 3 aromatic rings. The Hall–Kier alpha value is -3.06. The first-order valence-electron chi connectivity index (χ1n) is 14.8. The fraction of sp³-hybridized carbons (Fsp3) is 0.531. The molecular formula is C32H43FN4O2. The summed E-state index contributed by atoms with van der Waals surface area (Å²) in [5.41, 5.74) is 0.926. The van der Waals surface area contributed by atoms with Gasteiger partial charge in [-0.1, -0.05) is 57.6 Å². The van der Waals surface area contributed by atoms with Gasteiger partial charge < -0.3 is 9.80 Å².